The van der Waals surface area contributed by atoms with E-state index in [-0.39, 0.29) is 26.8 Å². The molecule has 1 saturated heterocycles. The summed E-state index contributed by atoms with van der Waals surface area (Å²) in [6, 6.07) is 9.80. The van der Waals surface area contributed by atoms with Gasteiger partial charge in [-0.3, -0.25) is 9.59 Å². The number of ether oxygens (including phenoxy) is 1. The molecule has 0 radical (unpaired) electrons. The molecule has 1 fully saturated rings. The predicted octanol–water partition coefficient (Wildman–Crippen LogP) is 1.65. The Morgan fingerprint density at radius 3 is 2.45 bits per heavy atom. The third kappa shape index (κ3) is 4.21. The highest BCUT2D eigenvalue weighted by atomic mass is 32.2. The first-order valence-corrected chi connectivity index (χ1v) is 13.2. The van der Waals surface area contributed by atoms with Gasteiger partial charge in [0.05, 0.1) is 23.3 Å². The van der Waals surface area contributed by atoms with E-state index in [9.17, 15) is 26.4 Å². The van der Waals surface area contributed by atoms with Crippen LogP contribution in [0.25, 0.3) is 0 Å². The molecule has 0 atom stereocenters. The Morgan fingerprint density at radius 1 is 1.09 bits per heavy atom. The molecule has 0 aliphatic carbocycles. The van der Waals surface area contributed by atoms with Gasteiger partial charge in [-0.1, -0.05) is 18.6 Å². The predicted molar refractivity (Wildman–Crippen MR) is 119 cm³/mol. The fourth-order valence-electron chi connectivity index (χ4n) is 3.91. The molecule has 176 valence electrons. The Balaban J connectivity index is 1.57. The van der Waals surface area contributed by atoms with Crippen molar-refractivity contribution in [2.45, 2.75) is 29.1 Å². The zero-order valence-corrected chi connectivity index (χ0v) is 19.5. The number of benzene rings is 2. The summed E-state index contributed by atoms with van der Waals surface area (Å²) in [5, 5.41) is 2.48. The normalized spacial score (nSPS) is 18.1. The van der Waals surface area contributed by atoms with Crippen molar-refractivity contribution in [2.75, 3.05) is 32.1 Å². The molecular weight excluding hydrogens is 470 g/mol. The minimum atomic E-state index is -4.16. The first-order valence-electron chi connectivity index (χ1n) is 10.3. The van der Waals surface area contributed by atoms with Gasteiger partial charge in [-0.15, -0.1) is 0 Å². The van der Waals surface area contributed by atoms with E-state index in [2.05, 4.69) is 5.32 Å². The van der Waals surface area contributed by atoms with Gasteiger partial charge in [-0.05, 0) is 43.2 Å². The summed E-state index contributed by atoms with van der Waals surface area (Å²) in [6.45, 7) is 0.0825. The molecule has 2 aliphatic heterocycles. The maximum Gasteiger partial charge on any atom is 0.269 e. The minimum Gasteiger partial charge on any atom is -0.495 e. The Hall–Kier alpha value is -2.96. The third-order valence-electron chi connectivity index (χ3n) is 5.60. The maximum atomic E-state index is 13.0. The molecule has 2 heterocycles. The minimum absolute atomic E-state index is 0.00231. The van der Waals surface area contributed by atoms with Crippen molar-refractivity contribution in [1.82, 2.24) is 8.61 Å². The fourth-order valence-corrected chi connectivity index (χ4v) is 6.98. The van der Waals surface area contributed by atoms with E-state index in [4.69, 9.17) is 4.74 Å². The third-order valence-corrected chi connectivity index (χ3v) is 9.28. The van der Waals surface area contributed by atoms with Crippen LogP contribution in [0.1, 0.15) is 29.6 Å². The van der Waals surface area contributed by atoms with Crippen LogP contribution in [0.15, 0.2) is 52.3 Å². The summed E-state index contributed by atoms with van der Waals surface area (Å²) < 4.78 is 58.5. The molecule has 2 aromatic rings. The largest absolute Gasteiger partial charge is 0.495 e. The summed E-state index contributed by atoms with van der Waals surface area (Å²) >= 11 is 0. The van der Waals surface area contributed by atoms with Crippen molar-refractivity contribution in [2.24, 2.45) is 0 Å². The molecule has 12 heteroatoms. The molecule has 1 N–H and O–H groups in total. The van der Waals surface area contributed by atoms with E-state index in [1.165, 1.54) is 53.9 Å². The smallest absolute Gasteiger partial charge is 0.269 e. The highest BCUT2D eigenvalue weighted by molar-refractivity contribution is 7.90. The fraction of sp³-hybridized carbons (Fsp3) is 0.333. The van der Waals surface area contributed by atoms with Crippen LogP contribution in [-0.2, 0) is 24.8 Å². The van der Waals surface area contributed by atoms with Gasteiger partial charge in [0, 0.05) is 13.1 Å². The Labute approximate surface area is 192 Å². The first kappa shape index (κ1) is 23.2. The van der Waals surface area contributed by atoms with Crippen LogP contribution in [0.3, 0.4) is 0 Å². The number of carbonyl (C=O) groups is 2. The average Bonchev–Trinajstić information content (AvgIpc) is 3.00. The van der Waals surface area contributed by atoms with Gasteiger partial charge in [-0.2, -0.15) is 4.31 Å². The lowest BCUT2D eigenvalue weighted by atomic mass is 10.2. The van der Waals surface area contributed by atoms with E-state index in [1.54, 1.807) is 0 Å². The van der Waals surface area contributed by atoms with Crippen molar-refractivity contribution >= 4 is 37.5 Å². The molecule has 0 saturated carbocycles. The maximum absolute atomic E-state index is 13.0. The van der Waals surface area contributed by atoms with E-state index >= 15 is 0 Å². The van der Waals surface area contributed by atoms with Gasteiger partial charge in [-0.25, -0.2) is 21.1 Å². The van der Waals surface area contributed by atoms with Gasteiger partial charge >= 0.3 is 0 Å². The van der Waals surface area contributed by atoms with Gasteiger partial charge in [0.25, 0.3) is 15.9 Å². The number of nitrogens with zero attached hydrogens (tertiary/aromatic N) is 2. The zero-order valence-electron chi connectivity index (χ0n) is 17.9. The standard InChI is InChI=1S/C21H23N3O7S2/c1-31-18-10-9-15(32(27,28)23-11-5-2-6-12-23)13-17(18)22-20(25)14-24-21(26)16-7-3-4-8-19(16)33(24,29)30/h3-4,7-10,13H,2,5-6,11-12,14H2,1H3,(H,22,25). The van der Waals surface area contributed by atoms with E-state index in [1.807, 2.05) is 0 Å². The second kappa shape index (κ2) is 8.76. The summed E-state index contributed by atoms with van der Waals surface area (Å²) in [7, 11) is -6.56. The SMILES string of the molecule is COc1ccc(S(=O)(=O)N2CCCCC2)cc1NC(=O)CN1C(=O)c2ccccc2S1(=O)=O. The topological polar surface area (TPSA) is 130 Å². The molecule has 0 spiro atoms. The molecule has 0 aromatic heterocycles. The van der Waals surface area contributed by atoms with Crippen LogP contribution in [0.4, 0.5) is 5.69 Å². The molecule has 33 heavy (non-hydrogen) atoms. The number of hydrogen-bond donors (Lipinski definition) is 1. The van der Waals surface area contributed by atoms with Crippen LogP contribution in [-0.4, -0.2) is 64.0 Å². The number of hydrogen-bond acceptors (Lipinski definition) is 7. The Bertz CT molecular complexity index is 1320. The van der Waals surface area contributed by atoms with Crippen molar-refractivity contribution in [1.29, 1.82) is 0 Å². The number of sulfonamides is 2. The van der Waals surface area contributed by atoms with Crippen molar-refractivity contribution in [3.05, 3.63) is 48.0 Å². The van der Waals surface area contributed by atoms with Crippen LogP contribution in [0.5, 0.6) is 5.75 Å². The van der Waals surface area contributed by atoms with Crippen molar-refractivity contribution in [3.8, 4) is 5.75 Å². The van der Waals surface area contributed by atoms with E-state index < -0.39 is 38.4 Å². The summed E-state index contributed by atoms with van der Waals surface area (Å²) in [5.74, 6) is -1.42. The number of methoxy groups -OCH3 is 1. The van der Waals surface area contributed by atoms with Gasteiger partial charge in [0.1, 0.15) is 17.2 Å². The van der Waals surface area contributed by atoms with Crippen molar-refractivity contribution in [3.63, 3.8) is 0 Å². The molecule has 10 nitrogen and oxygen atoms in total. The lowest BCUT2D eigenvalue weighted by Crippen LogP contribution is -2.37. The van der Waals surface area contributed by atoms with E-state index in [0.29, 0.717) is 17.4 Å². The highest BCUT2D eigenvalue weighted by Gasteiger charge is 2.41. The first-order chi connectivity index (χ1) is 15.7. The van der Waals surface area contributed by atoms with Gasteiger partial charge in [0.2, 0.25) is 15.9 Å². The number of carbonyl (C=O) groups excluding carboxylic acids is 2. The number of rotatable bonds is 6. The zero-order chi connectivity index (χ0) is 23.8. The quantitative estimate of drug-likeness (QED) is 0.648. The van der Waals surface area contributed by atoms with Crippen molar-refractivity contribution < 1.29 is 31.2 Å². The molecule has 2 aliphatic rings. The highest BCUT2D eigenvalue weighted by Crippen LogP contribution is 2.32. The molecule has 2 aromatic carbocycles. The molecular formula is C21H23N3O7S2. The summed E-state index contributed by atoms with van der Waals surface area (Å²) in [4.78, 5) is 25.1. The monoisotopic (exact) mass is 493 g/mol. The number of nitrogens with one attached hydrogen (secondary N) is 1. The van der Waals surface area contributed by atoms with E-state index in [0.717, 1.165) is 19.3 Å². The van der Waals surface area contributed by atoms with Crippen LogP contribution >= 0.6 is 0 Å². The number of anilines is 1. The summed E-state index contributed by atoms with van der Waals surface area (Å²) in [5.41, 5.74) is 0.0552. The van der Waals surface area contributed by atoms with Crippen LogP contribution in [0.2, 0.25) is 0 Å². The molecule has 4 rings (SSSR count). The molecule has 2 amide bonds. The second-order valence-corrected chi connectivity index (χ2v) is 11.5. The number of amides is 2. The molecule has 0 unspecified atom stereocenters. The number of piperidine rings is 1. The van der Waals surface area contributed by atoms with Crippen LogP contribution in [0, 0.1) is 0 Å². The number of fused-ring (bicyclic) bond motifs is 1. The van der Waals surface area contributed by atoms with Gasteiger partial charge in [0.15, 0.2) is 0 Å². The lowest BCUT2D eigenvalue weighted by Gasteiger charge is -2.26. The van der Waals surface area contributed by atoms with Gasteiger partial charge < -0.3 is 10.1 Å². The Kier molecular flexibility index (Phi) is 6.16. The average molecular weight is 494 g/mol. The molecule has 0 bridgehead atoms. The van der Waals surface area contributed by atoms with Crippen LogP contribution < -0.4 is 10.1 Å². The Morgan fingerprint density at radius 2 is 1.79 bits per heavy atom. The lowest BCUT2D eigenvalue weighted by molar-refractivity contribution is -0.116. The summed E-state index contributed by atoms with van der Waals surface area (Å²) in [6.07, 6.45) is 2.53. The second-order valence-electron chi connectivity index (χ2n) is 7.69.